The minimum Gasteiger partial charge on any atom is -0.359 e. The zero-order valence-electron chi connectivity index (χ0n) is 12.8. The van der Waals surface area contributed by atoms with Gasteiger partial charge in [0.05, 0.1) is 0 Å². The van der Waals surface area contributed by atoms with Gasteiger partial charge in [-0.15, -0.1) is 0 Å². The first-order chi connectivity index (χ1) is 8.71. The van der Waals surface area contributed by atoms with E-state index in [2.05, 4.69) is 35.6 Å². The minimum absolute atomic E-state index is 0.00355. The van der Waals surface area contributed by atoms with Crippen LogP contribution in [0.4, 0.5) is 11.6 Å². The van der Waals surface area contributed by atoms with Crippen LogP contribution in [-0.2, 0) is 4.79 Å². The van der Waals surface area contributed by atoms with Crippen molar-refractivity contribution in [2.45, 2.75) is 39.7 Å². The van der Waals surface area contributed by atoms with Crippen molar-refractivity contribution < 1.29 is 4.79 Å². The normalized spacial score (nSPS) is 11.3. The summed E-state index contributed by atoms with van der Waals surface area (Å²) in [4.78, 5) is 23.7. The molecule has 1 aromatic rings. The quantitative estimate of drug-likeness (QED) is 0.815. The molecule has 0 unspecified atom stereocenters. The van der Waals surface area contributed by atoms with Crippen molar-refractivity contribution in [2.75, 3.05) is 30.4 Å². The van der Waals surface area contributed by atoms with E-state index in [-0.39, 0.29) is 11.3 Å². The van der Waals surface area contributed by atoms with E-state index in [1.54, 1.807) is 13.3 Å². The SMILES string of the molecule is CC(=O)CCN(C)c1cc(N(C)C(C)(C)C)ncn1. The third-order valence-corrected chi connectivity index (χ3v) is 3.18. The van der Waals surface area contributed by atoms with Gasteiger partial charge in [0.25, 0.3) is 0 Å². The highest BCUT2D eigenvalue weighted by atomic mass is 16.1. The van der Waals surface area contributed by atoms with Gasteiger partial charge in [-0.05, 0) is 27.7 Å². The molecule has 5 nitrogen and oxygen atoms in total. The van der Waals surface area contributed by atoms with Gasteiger partial charge in [-0.2, -0.15) is 0 Å². The van der Waals surface area contributed by atoms with Gasteiger partial charge in [-0.25, -0.2) is 9.97 Å². The molecule has 0 fully saturated rings. The van der Waals surface area contributed by atoms with Crippen molar-refractivity contribution in [1.29, 1.82) is 0 Å². The lowest BCUT2D eigenvalue weighted by molar-refractivity contribution is -0.116. The second-order valence-corrected chi connectivity index (χ2v) is 5.84. The Balaban J connectivity index is 2.85. The predicted molar refractivity (Wildman–Crippen MR) is 78.8 cm³/mol. The molecule has 0 atom stereocenters. The molecular weight excluding hydrogens is 240 g/mol. The zero-order chi connectivity index (χ0) is 14.6. The van der Waals surface area contributed by atoms with E-state index in [0.29, 0.717) is 13.0 Å². The molecule has 0 radical (unpaired) electrons. The third-order valence-electron chi connectivity index (χ3n) is 3.18. The fourth-order valence-corrected chi connectivity index (χ4v) is 1.51. The van der Waals surface area contributed by atoms with Crippen LogP contribution in [0.1, 0.15) is 34.1 Å². The molecule has 0 spiro atoms. The molecule has 5 heteroatoms. The number of Topliss-reactive ketones (excluding diaryl/α,β-unsaturated/α-hetero) is 1. The van der Waals surface area contributed by atoms with Gasteiger partial charge in [0.15, 0.2) is 0 Å². The van der Waals surface area contributed by atoms with Crippen LogP contribution in [0.25, 0.3) is 0 Å². The van der Waals surface area contributed by atoms with E-state index in [9.17, 15) is 4.79 Å². The van der Waals surface area contributed by atoms with Crippen molar-refractivity contribution in [3.63, 3.8) is 0 Å². The standard InChI is InChI=1S/C14H24N4O/c1-11(19)7-8-17(5)12-9-13(16-10-15-12)18(6)14(2,3)4/h9-10H,7-8H2,1-6H3. The molecule has 19 heavy (non-hydrogen) atoms. The molecule has 0 aromatic carbocycles. The van der Waals surface area contributed by atoms with Crippen LogP contribution in [0.5, 0.6) is 0 Å². The maximum Gasteiger partial charge on any atom is 0.134 e. The Bertz CT molecular complexity index is 439. The Morgan fingerprint density at radius 2 is 1.79 bits per heavy atom. The predicted octanol–water partition coefficient (Wildman–Crippen LogP) is 2.13. The molecule has 0 bridgehead atoms. The average molecular weight is 264 g/mol. The monoisotopic (exact) mass is 264 g/mol. The summed E-state index contributed by atoms with van der Waals surface area (Å²) in [7, 11) is 3.95. The molecule has 1 rings (SSSR count). The summed E-state index contributed by atoms with van der Waals surface area (Å²) in [6.07, 6.45) is 2.10. The lowest BCUT2D eigenvalue weighted by Gasteiger charge is -2.33. The van der Waals surface area contributed by atoms with Crippen molar-refractivity contribution >= 4 is 17.4 Å². The van der Waals surface area contributed by atoms with Gasteiger partial charge in [0.1, 0.15) is 23.7 Å². The molecule has 0 N–H and O–H groups in total. The number of hydrogen-bond acceptors (Lipinski definition) is 5. The first-order valence-corrected chi connectivity index (χ1v) is 6.48. The summed E-state index contributed by atoms with van der Waals surface area (Å²) in [6.45, 7) is 8.67. The molecule has 0 saturated heterocycles. The van der Waals surface area contributed by atoms with E-state index in [1.165, 1.54) is 0 Å². The lowest BCUT2D eigenvalue weighted by Crippen LogP contribution is -2.38. The molecule has 0 aliphatic rings. The van der Waals surface area contributed by atoms with E-state index in [4.69, 9.17) is 0 Å². The van der Waals surface area contributed by atoms with Crippen molar-refractivity contribution in [1.82, 2.24) is 9.97 Å². The minimum atomic E-state index is 0.00355. The van der Waals surface area contributed by atoms with Gasteiger partial charge >= 0.3 is 0 Å². The highest BCUT2D eigenvalue weighted by molar-refractivity contribution is 5.76. The van der Waals surface area contributed by atoms with Crippen LogP contribution >= 0.6 is 0 Å². The number of ketones is 1. The smallest absolute Gasteiger partial charge is 0.134 e. The summed E-state index contributed by atoms with van der Waals surface area (Å²) in [5.74, 6) is 1.91. The maximum atomic E-state index is 11.0. The fraction of sp³-hybridized carbons (Fsp3) is 0.643. The highest BCUT2D eigenvalue weighted by Gasteiger charge is 2.19. The first kappa shape index (κ1) is 15.4. The van der Waals surface area contributed by atoms with Crippen LogP contribution in [0, 0.1) is 0 Å². The van der Waals surface area contributed by atoms with Crippen LogP contribution in [0.3, 0.4) is 0 Å². The lowest BCUT2D eigenvalue weighted by atomic mass is 10.1. The Labute approximate surface area is 115 Å². The third kappa shape index (κ3) is 4.50. The summed E-state index contributed by atoms with van der Waals surface area (Å²) < 4.78 is 0. The topological polar surface area (TPSA) is 49.3 Å². The molecular formula is C14H24N4O. The molecule has 0 aliphatic heterocycles. The first-order valence-electron chi connectivity index (χ1n) is 6.48. The fourth-order valence-electron chi connectivity index (χ4n) is 1.51. The van der Waals surface area contributed by atoms with Gasteiger partial charge in [-0.3, -0.25) is 4.79 Å². The number of rotatable bonds is 5. The maximum absolute atomic E-state index is 11.0. The van der Waals surface area contributed by atoms with Crippen LogP contribution in [-0.4, -0.2) is 41.9 Å². The Morgan fingerprint density at radius 3 is 2.32 bits per heavy atom. The molecule has 0 aliphatic carbocycles. The molecule has 106 valence electrons. The number of carbonyl (C=O) groups is 1. The number of anilines is 2. The Hall–Kier alpha value is -1.65. The summed E-state index contributed by atoms with van der Waals surface area (Å²) >= 11 is 0. The second kappa shape index (κ2) is 5.99. The average Bonchev–Trinajstić information content (AvgIpc) is 2.34. The van der Waals surface area contributed by atoms with Gasteiger partial charge in [0.2, 0.25) is 0 Å². The zero-order valence-corrected chi connectivity index (χ0v) is 12.8. The van der Waals surface area contributed by atoms with Crippen LogP contribution < -0.4 is 9.80 Å². The van der Waals surface area contributed by atoms with Gasteiger partial charge < -0.3 is 9.80 Å². The van der Waals surface area contributed by atoms with Crippen LogP contribution in [0.2, 0.25) is 0 Å². The second-order valence-electron chi connectivity index (χ2n) is 5.84. The van der Waals surface area contributed by atoms with E-state index in [1.807, 2.05) is 25.1 Å². The summed E-state index contributed by atoms with van der Waals surface area (Å²) in [5, 5.41) is 0. The molecule has 1 heterocycles. The highest BCUT2D eigenvalue weighted by Crippen LogP contribution is 2.22. The van der Waals surface area contributed by atoms with Gasteiger partial charge in [-0.1, -0.05) is 0 Å². The number of hydrogen-bond donors (Lipinski definition) is 0. The van der Waals surface area contributed by atoms with Crippen molar-refractivity contribution in [3.05, 3.63) is 12.4 Å². The number of aromatic nitrogens is 2. The molecule has 0 amide bonds. The van der Waals surface area contributed by atoms with Gasteiger partial charge in [0, 0.05) is 38.7 Å². The van der Waals surface area contributed by atoms with Crippen LogP contribution in [0.15, 0.2) is 12.4 Å². The summed E-state index contributed by atoms with van der Waals surface area (Å²) in [6, 6.07) is 1.95. The summed E-state index contributed by atoms with van der Waals surface area (Å²) in [5.41, 5.74) is 0.00355. The molecule has 1 aromatic heterocycles. The van der Waals surface area contributed by atoms with Crippen molar-refractivity contribution in [2.24, 2.45) is 0 Å². The Morgan fingerprint density at radius 1 is 1.21 bits per heavy atom. The number of carbonyl (C=O) groups excluding carboxylic acids is 1. The number of nitrogens with zero attached hydrogens (tertiary/aromatic N) is 4. The van der Waals surface area contributed by atoms with E-state index < -0.39 is 0 Å². The van der Waals surface area contributed by atoms with Crippen molar-refractivity contribution in [3.8, 4) is 0 Å². The van der Waals surface area contributed by atoms with E-state index in [0.717, 1.165) is 11.6 Å². The Kier molecular flexibility index (Phi) is 4.86. The molecule has 0 saturated carbocycles. The largest absolute Gasteiger partial charge is 0.359 e. The van der Waals surface area contributed by atoms with E-state index >= 15 is 0 Å².